The fraction of sp³-hybridized carbons (Fsp3) is 0.647. The summed E-state index contributed by atoms with van der Waals surface area (Å²) in [6.45, 7) is 8.28. The Hall–Kier alpha value is -1.42. The molecule has 4 heteroatoms. The van der Waals surface area contributed by atoms with Crippen molar-refractivity contribution in [2.24, 2.45) is 0 Å². The third kappa shape index (κ3) is 2.08. The Kier molecular flexibility index (Phi) is 3.32. The van der Waals surface area contributed by atoms with E-state index in [0.717, 1.165) is 46.8 Å². The highest BCUT2D eigenvalue weighted by Gasteiger charge is 2.40. The highest BCUT2D eigenvalue weighted by atomic mass is 16.5. The summed E-state index contributed by atoms with van der Waals surface area (Å²) in [6.07, 6.45) is 1.90. The van der Waals surface area contributed by atoms with Crippen LogP contribution in [0, 0.1) is 0 Å². The van der Waals surface area contributed by atoms with Gasteiger partial charge in [0.15, 0.2) is 11.5 Å². The first-order chi connectivity index (χ1) is 9.89. The van der Waals surface area contributed by atoms with Crippen LogP contribution in [-0.4, -0.2) is 31.0 Å². The zero-order valence-corrected chi connectivity index (χ0v) is 13.4. The summed E-state index contributed by atoms with van der Waals surface area (Å²) >= 11 is 0. The van der Waals surface area contributed by atoms with Crippen LogP contribution in [0.4, 0.5) is 0 Å². The van der Waals surface area contributed by atoms with Crippen molar-refractivity contribution in [3.05, 3.63) is 16.7 Å². The first-order valence-corrected chi connectivity index (χ1v) is 7.59. The minimum absolute atomic E-state index is 0.0737. The molecular formula is C17H24O4. The lowest BCUT2D eigenvalue weighted by molar-refractivity contribution is 0.206. The van der Waals surface area contributed by atoms with Gasteiger partial charge in [-0.25, -0.2) is 0 Å². The Morgan fingerprint density at radius 1 is 1.10 bits per heavy atom. The minimum atomic E-state index is -0.363. The van der Waals surface area contributed by atoms with Crippen LogP contribution < -0.4 is 14.2 Å². The maximum atomic E-state index is 9.84. The molecule has 1 aromatic carbocycles. The van der Waals surface area contributed by atoms with Crippen LogP contribution in [0.15, 0.2) is 0 Å². The second kappa shape index (κ2) is 4.80. The number of benzene rings is 1. The second-order valence-corrected chi connectivity index (χ2v) is 6.83. The van der Waals surface area contributed by atoms with Crippen molar-refractivity contribution in [3.8, 4) is 17.2 Å². The molecule has 0 bridgehead atoms. The molecule has 0 saturated heterocycles. The van der Waals surface area contributed by atoms with Crippen molar-refractivity contribution in [1.82, 2.24) is 0 Å². The third-order valence-electron chi connectivity index (χ3n) is 4.45. The Labute approximate surface area is 126 Å². The Morgan fingerprint density at radius 2 is 1.67 bits per heavy atom. The lowest BCUT2D eigenvalue weighted by atomic mass is 9.79. The van der Waals surface area contributed by atoms with Crippen LogP contribution in [0.25, 0.3) is 0 Å². The molecule has 0 spiro atoms. The van der Waals surface area contributed by atoms with Crippen LogP contribution in [0.1, 0.15) is 44.4 Å². The molecule has 0 radical (unpaired) electrons. The molecule has 0 aliphatic carbocycles. The lowest BCUT2D eigenvalue weighted by Crippen LogP contribution is -2.25. The number of aliphatic hydroxyl groups is 1. The van der Waals surface area contributed by atoms with E-state index in [0.29, 0.717) is 0 Å². The highest BCUT2D eigenvalue weighted by Crippen LogP contribution is 2.54. The molecule has 116 valence electrons. The molecule has 2 aliphatic rings. The van der Waals surface area contributed by atoms with E-state index in [1.165, 1.54) is 0 Å². The molecule has 1 aromatic rings. The van der Waals surface area contributed by atoms with Crippen LogP contribution in [0.5, 0.6) is 17.2 Å². The molecule has 0 aromatic heterocycles. The van der Waals surface area contributed by atoms with E-state index in [9.17, 15) is 5.11 Å². The van der Waals surface area contributed by atoms with E-state index in [4.69, 9.17) is 14.2 Å². The Morgan fingerprint density at radius 3 is 2.24 bits per heavy atom. The molecule has 21 heavy (non-hydrogen) atoms. The predicted molar refractivity (Wildman–Crippen MR) is 80.7 cm³/mol. The van der Waals surface area contributed by atoms with Crippen LogP contribution in [0.2, 0.25) is 0 Å². The summed E-state index contributed by atoms with van der Waals surface area (Å²) in [6, 6.07) is 0. The van der Waals surface area contributed by atoms with E-state index in [1.54, 1.807) is 7.11 Å². The van der Waals surface area contributed by atoms with Gasteiger partial charge in [0.05, 0.1) is 13.7 Å². The number of rotatable bonds is 3. The van der Waals surface area contributed by atoms with E-state index >= 15 is 0 Å². The van der Waals surface area contributed by atoms with Crippen molar-refractivity contribution >= 4 is 0 Å². The first kappa shape index (κ1) is 14.5. The molecular weight excluding hydrogens is 268 g/mol. The van der Waals surface area contributed by atoms with Gasteiger partial charge in [0.25, 0.3) is 0 Å². The molecule has 2 heterocycles. The van der Waals surface area contributed by atoms with Crippen LogP contribution in [0.3, 0.4) is 0 Å². The van der Waals surface area contributed by atoms with Gasteiger partial charge in [-0.2, -0.15) is 0 Å². The number of ether oxygens (including phenoxy) is 3. The molecule has 0 amide bonds. The second-order valence-electron chi connectivity index (χ2n) is 6.83. The average molecular weight is 292 g/mol. The summed E-state index contributed by atoms with van der Waals surface area (Å²) in [4.78, 5) is 0. The monoisotopic (exact) mass is 292 g/mol. The molecule has 3 rings (SSSR count). The van der Waals surface area contributed by atoms with Crippen molar-refractivity contribution in [2.75, 3.05) is 13.7 Å². The van der Waals surface area contributed by atoms with Crippen molar-refractivity contribution in [1.29, 1.82) is 0 Å². The summed E-state index contributed by atoms with van der Waals surface area (Å²) in [5.74, 6) is 2.55. The quantitative estimate of drug-likeness (QED) is 0.930. The van der Waals surface area contributed by atoms with E-state index in [2.05, 4.69) is 13.8 Å². The van der Waals surface area contributed by atoms with Crippen molar-refractivity contribution in [2.45, 2.75) is 58.2 Å². The van der Waals surface area contributed by atoms with Crippen LogP contribution >= 0.6 is 0 Å². The van der Waals surface area contributed by atoms with E-state index in [-0.39, 0.29) is 24.2 Å². The summed E-state index contributed by atoms with van der Waals surface area (Å²) in [5.41, 5.74) is 2.93. The van der Waals surface area contributed by atoms with Gasteiger partial charge in [-0.3, -0.25) is 0 Å². The first-order valence-electron chi connectivity index (χ1n) is 7.59. The predicted octanol–water partition coefficient (Wildman–Crippen LogP) is 2.61. The normalized spacial score (nSPS) is 23.3. The van der Waals surface area contributed by atoms with Gasteiger partial charge in [0, 0.05) is 34.9 Å². The SMILES string of the molecule is COc1c2c(c(C(C)(C)CO)c3c1OC(C)C3)OC(C)C2. The van der Waals surface area contributed by atoms with Crippen molar-refractivity contribution < 1.29 is 19.3 Å². The standard InChI is InChI=1S/C17H24O4/c1-9-6-11-13(17(3,4)8-18)14-12(7-10(2)20-14)15(19-5)16(11)21-9/h9-10,18H,6-8H2,1-5H3. The minimum Gasteiger partial charge on any atom is -0.492 e. The molecule has 1 N–H and O–H groups in total. The topological polar surface area (TPSA) is 47.9 Å². The average Bonchev–Trinajstić information content (AvgIpc) is 2.96. The van der Waals surface area contributed by atoms with Crippen molar-refractivity contribution in [3.63, 3.8) is 0 Å². The summed E-state index contributed by atoms with van der Waals surface area (Å²) in [7, 11) is 1.68. The fourth-order valence-corrected chi connectivity index (χ4v) is 3.48. The summed E-state index contributed by atoms with van der Waals surface area (Å²) < 4.78 is 17.7. The number of fused-ring (bicyclic) bond motifs is 2. The Bertz CT molecular complexity index is 538. The molecule has 2 aliphatic heterocycles. The number of aliphatic hydroxyl groups excluding tert-OH is 1. The smallest absolute Gasteiger partial charge is 0.168 e. The zero-order valence-electron chi connectivity index (χ0n) is 13.4. The zero-order chi connectivity index (χ0) is 15.4. The van der Waals surface area contributed by atoms with E-state index < -0.39 is 0 Å². The summed E-state index contributed by atoms with van der Waals surface area (Å²) in [5, 5.41) is 9.84. The van der Waals surface area contributed by atoms with Gasteiger partial charge < -0.3 is 19.3 Å². The number of hydrogen-bond donors (Lipinski definition) is 1. The molecule has 2 unspecified atom stereocenters. The van der Waals surface area contributed by atoms with Crippen LogP contribution in [-0.2, 0) is 18.3 Å². The van der Waals surface area contributed by atoms with Gasteiger partial charge in [-0.1, -0.05) is 13.8 Å². The highest BCUT2D eigenvalue weighted by molar-refractivity contribution is 5.67. The van der Waals surface area contributed by atoms with Gasteiger partial charge in [0.1, 0.15) is 18.0 Å². The molecule has 4 nitrogen and oxygen atoms in total. The van der Waals surface area contributed by atoms with Gasteiger partial charge in [-0.05, 0) is 13.8 Å². The number of hydrogen-bond acceptors (Lipinski definition) is 4. The lowest BCUT2D eigenvalue weighted by Gasteiger charge is -2.28. The fourth-order valence-electron chi connectivity index (χ4n) is 3.48. The largest absolute Gasteiger partial charge is 0.492 e. The molecule has 0 fully saturated rings. The van der Waals surface area contributed by atoms with E-state index in [1.807, 2.05) is 13.8 Å². The maximum Gasteiger partial charge on any atom is 0.168 e. The van der Waals surface area contributed by atoms with Gasteiger partial charge >= 0.3 is 0 Å². The Balaban J connectivity index is 2.30. The van der Waals surface area contributed by atoms with Gasteiger partial charge in [0.2, 0.25) is 0 Å². The maximum absolute atomic E-state index is 9.84. The molecule has 0 saturated carbocycles. The third-order valence-corrected chi connectivity index (χ3v) is 4.45. The number of methoxy groups -OCH3 is 1. The molecule has 2 atom stereocenters. The van der Waals surface area contributed by atoms with Gasteiger partial charge in [-0.15, -0.1) is 0 Å².